The van der Waals surface area contributed by atoms with Gasteiger partial charge in [0.15, 0.2) is 0 Å². The number of aromatic nitrogens is 2. The highest BCUT2D eigenvalue weighted by atomic mass is 16.5. The fourth-order valence-corrected chi connectivity index (χ4v) is 1.89. The Balaban J connectivity index is 1.91. The molecule has 2 aromatic rings. The number of esters is 1. The highest BCUT2D eigenvalue weighted by Crippen LogP contribution is 2.18. The average molecular weight is 258 g/mol. The number of carbonyl (C=O) groups excluding carboxylic acids is 1. The molecule has 4 heteroatoms. The lowest BCUT2D eigenvalue weighted by Crippen LogP contribution is -2.07. The molecule has 1 heterocycles. The molecule has 0 saturated heterocycles. The summed E-state index contributed by atoms with van der Waals surface area (Å²) in [6.45, 7) is 2.15. The van der Waals surface area contributed by atoms with E-state index in [0.717, 1.165) is 23.9 Å². The number of ether oxygens (including phenoxy) is 1. The molecular weight excluding hydrogens is 240 g/mol. The molecule has 19 heavy (non-hydrogen) atoms. The van der Waals surface area contributed by atoms with Crippen molar-refractivity contribution < 1.29 is 9.53 Å². The molecule has 0 fully saturated rings. The predicted octanol–water partition coefficient (Wildman–Crippen LogP) is 3.51. The number of unbranched alkanes of at least 4 members (excludes halogenated alkanes) is 3. The van der Waals surface area contributed by atoms with Gasteiger partial charge in [-0.15, -0.1) is 0 Å². The summed E-state index contributed by atoms with van der Waals surface area (Å²) in [5.74, 6) is 0.354. The molecule has 4 nitrogen and oxygen atoms in total. The maximum absolute atomic E-state index is 11.7. The van der Waals surface area contributed by atoms with Gasteiger partial charge >= 0.3 is 5.97 Å². The number of nitrogens with zero attached hydrogens (tertiary/aromatic N) is 2. The first-order valence-corrected chi connectivity index (χ1v) is 6.71. The Morgan fingerprint density at radius 3 is 2.68 bits per heavy atom. The van der Waals surface area contributed by atoms with Crippen molar-refractivity contribution in [3.8, 4) is 5.75 Å². The monoisotopic (exact) mass is 258 g/mol. The van der Waals surface area contributed by atoms with Gasteiger partial charge in [-0.3, -0.25) is 14.8 Å². The molecule has 0 aliphatic carbocycles. The van der Waals surface area contributed by atoms with E-state index in [1.165, 1.54) is 12.8 Å². The van der Waals surface area contributed by atoms with Crippen molar-refractivity contribution in [1.29, 1.82) is 0 Å². The van der Waals surface area contributed by atoms with Gasteiger partial charge in [-0.25, -0.2) is 0 Å². The third kappa shape index (κ3) is 4.02. The first kappa shape index (κ1) is 13.5. The molecule has 0 radical (unpaired) electrons. The van der Waals surface area contributed by atoms with Crippen molar-refractivity contribution in [3.63, 3.8) is 0 Å². The van der Waals surface area contributed by atoms with E-state index in [1.807, 2.05) is 6.07 Å². The van der Waals surface area contributed by atoms with Crippen LogP contribution in [0, 0.1) is 0 Å². The van der Waals surface area contributed by atoms with E-state index in [2.05, 4.69) is 16.9 Å². The lowest BCUT2D eigenvalue weighted by molar-refractivity contribution is -0.134. The van der Waals surface area contributed by atoms with Crippen LogP contribution in [0.5, 0.6) is 5.75 Å². The number of carbonyl (C=O) groups is 1. The number of fused-ring (bicyclic) bond motifs is 1. The Kier molecular flexibility index (Phi) is 4.84. The van der Waals surface area contributed by atoms with Gasteiger partial charge in [0.2, 0.25) is 0 Å². The van der Waals surface area contributed by atoms with Gasteiger partial charge in [0.05, 0.1) is 11.0 Å². The first-order chi connectivity index (χ1) is 9.29. The highest BCUT2D eigenvalue weighted by molar-refractivity contribution is 5.78. The Bertz CT molecular complexity index is 555. The van der Waals surface area contributed by atoms with Gasteiger partial charge in [-0.2, -0.15) is 0 Å². The molecule has 0 atom stereocenters. The van der Waals surface area contributed by atoms with Crippen LogP contribution in [0.3, 0.4) is 0 Å². The maximum Gasteiger partial charge on any atom is 0.311 e. The van der Waals surface area contributed by atoms with E-state index in [1.54, 1.807) is 24.5 Å². The molecule has 0 N–H and O–H groups in total. The number of rotatable bonds is 6. The fraction of sp³-hybridized carbons (Fsp3) is 0.400. The number of hydrogen-bond acceptors (Lipinski definition) is 4. The summed E-state index contributed by atoms with van der Waals surface area (Å²) in [5.41, 5.74) is 1.53. The zero-order valence-electron chi connectivity index (χ0n) is 11.1. The van der Waals surface area contributed by atoms with Gasteiger partial charge in [0.1, 0.15) is 5.75 Å². The smallest absolute Gasteiger partial charge is 0.311 e. The van der Waals surface area contributed by atoms with Crippen molar-refractivity contribution in [2.45, 2.75) is 39.0 Å². The number of hydrogen-bond donors (Lipinski definition) is 0. The summed E-state index contributed by atoms with van der Waals surface area (Å²) >= 11 is 0. The molecule has 100 valence electrons. The van der Waals surface area contributed by atoms with Crippen molar-refractivity contribution >= 4 is 17.0 Å². The van der Waals surface area contributed by atoms with E-state index < -0.39 is 0 Å². The lowest BCUT2D eigenvalue weighted by atomic mass is 10.1. The van der Waals surface area contributed by atoms with Crippen molar-refractivity contribution in [1.82, 2.24) is 9.97 Å². The minimum Gasteiger partial charge on any atom is -0.426 e. The van der Waals surface area contributed by atoms with Crippen LogP contribution in [-0.2, 0) is 4.79 Å². The Hall–Kier alpha value is -1.97. The quantitative estimate of drug-likeness (QED) is 0.452. The molecule has 1 aromatic carbocycles. The van der Waals surface area contributed by atoms with Crippen molar-refractivity contribution in [2.24, 2.45) is 0 Å². The Morgan fingerprint density at radius 1 is 1.11 bits per heavy atom. The molecule has 0 spiro atoms. The van der Waals surface area contributed by atoms with E-state index in [0.29, 0.717) is 12.2 Å². The van der Waals surface area contributed by atoms with Gasteiger partial charge in [0.25, 0.3) is 0 Å². The summed E-state index contributed by atoms with van der Waals surface area (Å²) in [4.78, 5) is 20.0. The summed E-state index contributed by atoms with van der Waals surface area (Å²) in [6.07, 6.45) is 8.03. The molecule has 0 bridgehead atoms. The highest BCUT2D eigenvalue weighted by Gasteiger charge is 2.05. The van der Waals surface area contributed by atoms with Crippen LogP contribution >= 0.6 is 0 Å². The molecule has 0 aliphatic rings. The summed E-state index contributed by atoms with van der Waals surface area (Å²) in [7, 11) is 0. The van der Waals surface area contributed by atoms with E-state index >= 15 is 0 Å². The second-order valence-corrected chi connectivity index (χ2v) is 4.49. The van der Waals surface area contributed by atoms with Gasteiger partial charge < -0.3 is 4.74 Å². The SMILES string of the molecule is CCCCCCC(=O)Oc1ccc2nccnc2c1. The Morgan fingerprint density at radius 2 is 1.89 bits per heavy atom. The third-order valence-corrected chi connectivity index (χ3v) is 2.91. The standard InChI is InChI=1S/C15H18N2O2/c1-2-3-4-5-6-15(18)19-12-7-8-13-14(11-12)17-10-9-16-13/h7-11H,2-6H2,1H3. The molecule has 1 aromatic heterocycles. The minimum atomic E-state index is -0.181. The van der Waals surface area contributed by atoms with E-state index in [-0.39, 0.29) is 5.97 Å². The first-order valence-electron chi connectivity index (χ1n) is 6.71. The van der Waals surface area contributed by atoms with Crippen LogP contribution < -0.4 is 4.74 Å². The molecular formula is C15H18N2O2. The zero-order chi connectivity index (χ0) is 13.5. The second-order valence-electron chi connectivity index (χ2n) is 4.49. The molecule has 0 unspecified atom stereocenters. The van der Waals surface area contributed by atoms with Gasteiger partial charge in [-0.05, 0) is 18.6 Å². The van der Waals surface area contributed by atoms with Crippen LogP contribution in [0.25, 0.3) is 11.0 Å². The normalized spacial score (nSPS) is 10.6. The number of benzene rings is 1. The fourth-order valence-electron chi connectivity index (χ4n) is 1.89. The summed E-state index contributed by atoms with van der Waals surface area (Å²) < 4.78 is 5.30. The second kappa shape index (κ2) is 6.83. The topological polar surface area (TPSA) is 52.1 Å². The predicted molar refractivity (Wildman–Crippen MR) is 73.9 cm³/mol. The molecule has 2 rings (SSSR count). The lowest BCUT2D eigenvalue weighted by Gasteiger charge is -2.05. The van der Waals surface area contributed by atoms with Crippen LogP contribution in [0.15, 0.2) is 30.6 Å². The summed E-state index contributed by atoms with van der Waals surface area (Å²) in [5, 5.41) is 0. The van der Waals surface area contributed by atoms with Crippen molar-refractivity contribution in [2.75, 3.05) is 0 Å². The van der Waals surface area contributed by atoms with Crippen LogP contribution in [0.2, 0.25) is 0 Å². The largest absolute Gasteiger partial charge is 0.426 e. The van der Waals surface area contributed by atoms with Crippen molar-refractivity contribution in [3.05, 3.63) is 30.6 Å². The molecule has 0 aliphatic heterocycles. The van der Waals surface area contributed by atoms with E-state index in [4.69, 9.17) is 4.74 Å². The van der Waals surface area contributed by atoms with Crippen LogP contribution in [0.4, 0.5) is 0 Å². The molecule has 0 amide bonds. The van der Waals surface area contributed by atoms with Crippen LogP contribution in [0.1, 0.15) is 39.0 Å². The van der Waals surface area contributed by atoms with Crippen LogP contribution in [-0.4, -0.2) is 15.9 Å². The minimum absolute atomic E-state index is 0.181. The zero-order valence-corrected chi connectivity index (χ0v) is 11.1. The maximum atomic E-state index is 11.7. The third-order valence-electron chi connectivity index (χ3n) is 2.91. The van der Waals surface area contributed by atoms with Gasteiger partial charge in [-0.1, -0.05) is 26.2 Å². The van der Waals surface area contributed by atoms with E-state index in [9.17, 15) is 4.79 Å². The van der Waals surface area contributed by atoms with Gasteiger partial charge in [0, 0.05) is 24.9 Å². The summed E-state index contributed by atoms with van der Waals surface area (Å²) in [6, 6.07) is 5.30. The Labute approximate surface area is 112 Å². The average Bonchev–Trinajstić information content (AvgIpc) is 2.43. The molecule has 0 saturated carbocycles.